The second kappa shape index (κ2) is 10.3. The summed E-state index contributed by atoms with van der Waals surface area (Å²) in [6.45, 7) is 4.17. The van der Waals surface area contributed by atoms with Gasteiger partial charge < -0.3 is 33.9 Å². The first kappa shape index (κ1) is 31.8. The molecule has 45 heavy (non-hydrogen) atoms. The number of methoxy groups -OCH3 is 4. The fourth-order valence-corrected chi connectivity index (χ4v) is 12.1. The molecule has 0 radical (unpaired) electrons. The number of aliphatic hydroxyl groups is 2. The number of ether oxygens (including phenoxy) is 5. The number of nitrogens with zero attached hydrogens (tertiary/aromatic N) is 1. The Morgan fingerprint density at radius 3 is 2.24 bits per heavy atom. The summed E-state index contributed by atoms with van der Waals surface area (Å²) in [6, 6.07) is 3.71. The summed E-state index contributed by atoms with van der Waals surface area (Å²) >= 11 is 0. The molecule has 1 aliphatic heterocycles. The van der Waals surface area contributed by atoms with Gasteiger partial charge in [0.15, 0.2) is 0 Å². The van der Waals surface area contributed by atoms with Gasteiger partial charge in [0.25, 0.3) is 0 Å². The van der Waals surface area contributed by atoms with E-state index in [2.05, 4.69) is 11.8 Å². The molecular formula is C33H44F3NO8. The first-order valence-electron chi connectivity index (χ1n) is 16.0. The minimum absolute atomic E-state index is 0.0549. The molecule has 1 spiro atoms. The molecule has 6 aliphatic rings. The van der Waals surface area contributed by atoms with Gasteiger partial charge in [-0.2, -0.15) is 13.2 Å². The van der Waals surface area contributed by atoms with Crippen molar-refractivity contribution in [3.8, 4) is 0 Å². The molecule has 13 atom stereocenters. The zero-order valence-corrected chi connectivity index (χ0v) is 26.4. The van der Waals surface area contributed by atoms with Crippen molar-refractivity contribution in [1.29, 1.82) is 0 Å². The molecular weight excluding hydrogens is 595 g/mol. The Balaban J connectivity index is 1.38. The SMILES string of the molecule is CCN1C[C@]2(COC)CCC(OC)[C@@]34[C@@H]5C[C@@]6(O)[C@@H](OC)C[C@@](O)([C@H]5[C@H]6OC(=O)c5ccc(C(F)(F)F)cc5)[C@@H]([C@H](OC)[C@H]23)[C@@H]14. The molecule has 250 valence electrons. The van der Waals surface area contributed by atoms with E-state index in [1.54, 1.807) is 21.3 Å². The molecule has 1 saturated heterocycles. The van der Waals surface area contributed by atoms with Crippen LogP contribution in [0.5, 0.6) is 0 Å². The van der Waals surface area contributed by atoms with Crippen LogP contribution in [0.2, 0.25) is 0 Å². The van der Waals surface area contributed by atoms with Crippen molar-refractivity contribution in [3.05, 3.63) is 35.4 Å². The largest absolute Gasteiger partial charge is 0.455 e. The summed E-state index contributed by atoms with van der Waals surface area (Å²) in [4.78, 5) is 16.1. The standard InChI is InChI=1S/C33H44F3NO8/c1-6-37-15-29(16-41-2)12-11-20(42-3)32-19-13-30(39)21(43-4)14-31(40,23(26(32)37)24(44-5)25(29)32)22(19)27(30)45-28(38)17-7-9-18(10-8-17)33(34,35)36/h7-10,19-27,39-40H,6,11-16H2,1-5H3/t19-,20?,21+,22-,23+,24+,25-,26-,27-,29+,30-,31-,32+/m1/s1. The maximum Gasteiger partial charge on any atom is 0.416 e. The van der Waals surface area contributed by atoms with Crippen LogP contribution in [0.4, 0.5) is 13.2 Å². The number of halogens is 3. The van der Waals surface area contributed by atoms with Crippen LogP contribution < -0.4 is 0 Å². The average Bonchev–Trinajstić information content (AvgIpc) is 3.39. The lowest BCUT2D eigenvalue weighted by molar-refractivity contribution is -0.283. The number of alkyl halides is 3. The van der Waals surface area contributed by atoms with Crippen molar-refractivity contribution in [3.63, 3.8) is 0 Å². The Morgan fingerprint density at radius 1 is 0.978 bits per heavy atom. The molecule has 1 heterocycles. The van der Waals surface area contributed by atoms with E-state index in [1.165, 1.54) is 7.11 Å². The van der Waals surface area contributed by atoms with E-state index in [1.807, 2.05) is 0 Å². The molecule has 5 aliphatic carbocycles. The number of carbonyl (C=O) groups is 1. The van der Waals surface area contributed by atoms with Crippen molar-refractivity contribution in [2.45, 2.75) is 80.4 Å². The molecule has 6 fully saturated rings. The molecule has 0 amide bonds. The Kier molecular flexibility index (Phi) is 7.31. The first-order valence-corrected chi connectivity index (χ1v) is 16.0. The minimum Gasteiger partial charge on any atom is -0.455 e. The third-order valence-electron chi connectivity index (χ3n) is 13.1. The molecule has 2 N–H and O–H groups in total. The van der Waals surface area contributed by atoms with Gasteiger partial charge in [0.05, 0.1) is 41.6 Å². The van der Waals surface area contributed by atoms with E-state index in [9.17, 15) is 28.2 Å². The molecule has 5 saturated carbocycles. The maximum atomic E-state index is 13.6. The van der Waals surface area contributed by atoms with Gasteiger partial charge in [0.1, 0.15) is 11.7 Å². The first-order chi connectivity index (χ1) is 21.3. The summed E-state index contributed by atoms with van der Waals surface area (Å²) in [5.41, 5.74) is -4.87. The molecule has 9 nitrogen and oxygen atoms in total. The predicted octanol–water partition coefficient (Wildman–Crippen LogP) is 3.15. The molecule has 7 rings (SSSR count). The van der Waals surface area contributed by atoms with Crippen molar-refractivity contribution < 1.29 is 51.9 Å². The number of piperidine rings is 1. The number of likely N-dealkylation sites (tertiary alicyclic amines) is 1. The Morgan fingerprint density at radius 2 is 1.67 bits per heavy atom. The summed E-state index contributed by atoms with van der Waals surface area (Å²) in [5, 5.41) is 25.7. The van der Waals surface area contributed by atoms with Crippen LogP contribution in [0, 0.1) is 34.5 Å². The lowest BCUT2D eigenvalue weighted by Crippen LogP contribution is -2.77. The zero-order chi connectivity index (χ0) is 32.3. The molecule has 1 aromatic carbocycles. The maximum absolute atomic E-state index is 13.6. The molecule has 1 aromatic rings. The van der Waals surface area contributed by atoms with Crippen LogP contribution in [-0.2, 0) is 29.9 Å². The van der Waals surface area contributed by atoms with Crippen LogP contribution in [0.3, 0.4) is 0 Å². The van der Waals surface area contributed by atoms with Gasteiger partial charge >= 0.3 is 12.1 Å². The highest BCUT2D eigenvalue weighted by molar-refractivity contribution is 5.89. The topological polar surface area (TPSA) is 107 Å². The summed E-state index contributed by atoms with van der Waals surface area (Å²) in [6.07, 6.45) is -5.17. The van der Waals surface area contributed by atoms with Crippen LogP contribution >= 0.6 is 0 Å². The highest BCUT2D eigenvalue weighted by Crippen LogP contribution is 2.80. The van der Waals surface area contributed by atoms with Gasteiger partial charge in [-0.1, -0.05) is 6.92 Å². The number of hydrogen-bond donors (Lipinski definition) is 2. The van der Waals surface area contributed by atoms with Crippen LogP contribution in [0.15, 0.2) is 24.3 Å². The average molecular weight is 640 g/mol. The van der Waals surface area contributed by atoms with Gasteiger partial charge in [-0.05, 0) is 56.0 Å². The predicted molar refractivity (Wildman–Crippen MR) is 153 cm³/mol. The Labute approximate surface area is 261 Å². The van der Waals surface area contributed by atoms with Gasteiger partial charge in [-0.15, -0.1) is 0 Å². The normalized spacial score (nSPS) is 48.0. The number of esters is 1. The van der Waals surface area contributed by atoms with E-state index >= 15 is 0 Å². The lowest BCUT2D eigenvalue weighted by atomic mass is 9.43. The molecule has 0 aromatic heterocycles. The molecule has 7 bridgehead atoms. The zero-order valence-electron chi connectivity index (χ0n) is 26.4. The van der Waals surface area contributed by atoms with Crippen molar-refractivity contribution >= 4 is 5.97 Å². The van der Waals surface area contributed by atoms with Crippen LogP contribution in [-0.4, -0.2) is 111 Å². The van der Waals surface area contributed by atoms with Crippen molar-refractivity contribution in [1.82, 2.24) is 4.90 Å². The van der Waals surface area contributed by atoms with E-state index < -0.39 is 58.4 Å². The van der Waals surface area contributed by atoms with Crippen molar-refractivity contribution in [2.24, 2.45) is 34.5 Å². The number of carbonyl (C=O) groups excluding carboxylic acids is 1. The Hall–Kier alpha value is -1.80. The minimum atomic E-state index is -4.55. The van der Waals surface area contributed by atoms with Crippen molar-refractivity contribution in [2.75, 3.05) is 48.1 Å². The highest BCUT2D eigenvalue weighted by Gasteiger charge is 2.88. The highest BCUT2D eigenvalue weighted by atomic mass is 19.4. The van der Waals surface area contributed by atoms with Gasteiger partial charge in [-0.25, -0.2) is 4.79 Å². The number of hydrogen-bond acceptors (Lipinski definition) is 9. The third-order valence-corrected chi connectivity index (χ3v) is 13.1. The smallest absolute Gasteiger partial charge is 0.416 e. The fraction of sp³-hybridized carbons (Fsp3) is 0.788. The summed E-state index contributed by atoms with van der Waals surface area (Å²) in [5.74, 6) is -2.33. The second-order valence-electron chi connectivity index (χ2n) is 14.4. The monoisotopic (exact) mass is 639 g/mol. The van der Waals surface area contributed by atoms with Gasteiger partial charge in [-0.3, -0.25) is 4.90 Å². The van der Waals surface area contributed by atoms with Crippen LogP contribution in [0.25, 0.3) is 0 Å². The fourth-order valence-electron chi connectivity index (χ4n) is 12.1. The number of fused-ring (bicyclic) bond motifs is 2. The van der Waals surface area contributed by atoms with Crippen LogP contribution in [0.1, 0.15) is 48.5 Å². The molecule has 12 heteroatoms. The molecule has 1 unspecified atom stereocenters. The summed E-state index contributed by atoms with van der Waals surface area (Å²) < 4.78 is 70.4. The van der Waals surface area contributed by atoms with E-state index in [0.717, 1.165) is 50.2 Å². The van der Waals surface area contributed by atoms with Gasteiger partial charge in [0, 0.05) is 76.0 Å². The van der Waals surface area contributed by atoms with Gasteiger partial charge in [0.2, 0.25) is 0 Å². The number of rotatable bonds is 8. The summed E-state index contributed by atoms with van der Waals surface area (Å²) in [7, 11) is 6.61. The van der Waals surface area contributed by atoms with E-state index in [4.69, 9.17) is 23.7 Å². The second-order valence-corrected chi connectivity index (χ2v) is 14.4. The van der Waals surface area contributed by atoms with E-state index in [-0.39, 0.29) is 53.9 Å². The lowest BCUT2D eigenvalue weighted by Gasteiger charge is -2.69. The third kappa shape index (κ3) is 3.84. The number of benzene rings is 1. The Bertz CT molecular complexity index is 1330. The van der Waals surface area contributed by atoms with E-state index in [0.29, 0.717) is 6.61 Å². The quantitative estimate of drug-likeness (QED) is 0.415.